The van der Waals surface area contributed by atoms with Crippen LogP contribution in [-0.2, 0) is 19.0 Å². The standard InChI is InChI=1S/C9H14O7/c10-2-1-5-14-3-4(15-5)8-6(11)7(12)9(13)16-8/h2,4-9,11-13H,1,3H2. The van der Waals surface area contributed by atoms with Crippen LogP contribution in [0.1, 0.15) is 6.42 Å². The number of aliphatic hydroxyl groups excluding tert-OH is 3. The molecule has 2 saturated heterocycles. The monoisotopic (exact) mass is 234 g/mol. The van der Waals surface area contributed by atoms with Crippen molar-refractivity contribution in [2.45, 2.75) is 43.4 Å². The summed E-state index contributed by atoms with van der Waals surface area (Å²) >= 11 is 0. The molecule has 0 bridgehead atoms. The number of hydrogen-bond acceptors (Lipinski definition) is 7. The van der Waals surface area contributed by atoms with Gasteiger partial charge in [0.15, 0.2) is 12.6 Å². The molecule has 92 valence electrons. The molecule has 3 N–H and O–H groups in total. The Morgan fingerprint density at radius 2 is 1.94 bits per heavy atom. The van der Waals surface area contributed by atoms with Gasteiger partial charge in [-0.05, 0) is 0 Å². The number of ether oxygens (including phenoxy) is 3. The van der Waals surface area contributed by atoms with Crippen LogP contribution >= 0.6 is 0 Å². The van der Waals surface area contributed by atoms with Gasteiger partial charge < -0.3 is 34.3 Å². The van der Waals surface area contributed by atoms with Crippen molar-refractivity contribution in [3.8, 4) is 0 Å². The van der Waals surface area contributed by atoms with Gasteiger partial charge in [0.25, 0.3) is 0 Å². The van der Waals surface area contributed by atoms with Gasteiger partial charge >= 0.3 is 0 Å². The fraction of sp³-hybridized carbons (Fsp3) is 0.889. The molecule has 0 amide bonds. The topological polar surface area (TPSA) is 105 Å². The zero-order valence-corrected chi connectivity index (χ0v) is 8.43. The zero-order valence-electron chi connectivity index (χ0n) is 8.43. The van der Waals surface area contributed by atoms with E-state index in [0.717, 1.165) is 0 Å². The molecule has 7 heteroatoms. The van der Waals surface area contributed by atoms with Gasteiger partial charge in [-0.1, -0.05) is 0 Å². The highest BCUT2D eigenvalue weighted by Crippen LogP contribution is 2.27. The summed E-state index contributed by atoms with van der Waals surface area (Å²) in [5.74, 6) is 0. The zero-order chi connectivity index (χ0) is 11.7. The minimum Gasteiger partial charge on any atom is -0.387 e. The molecule has 2 heterocycles. The molecule has 0 aliphatic carbocycles. The van der Waals surface area contributed by atoms with Crippen LogP contribution in [-0.4, -0.2) is 65.2 Å². The molecule has 16 heavy (non-hydrogen) atoms. The van der Waals surface area contributed by atoms with E-state index in [4.69, 9.17) is 14.2 Å². The Labute approximate surface area is 91.5 Å². The first-order chi connectivity index (χ1) is 7.63. The summed E-state index contributed by atoms with van der Waals surface area (Å²) in [6.45, 7) is 0.152. The summed E-state index contributed by atoms with van der Waals surface area (Å²) in [5, 5.41) is 28.0. The van der Waals surface area contributed by atoms with E-state index in [2.05, 4.69) is 0 Å². The maximum Gasteiger partial charge on any atom is 0.184 e. The van der Waals surface area contributed by atoms with Gasteiger partial charge in [-0.15, -0.1) is 0 Å². The van der Waals surface area contributed by atoms with E-state index in [0.29, 0.717) is 6.29 Å². The van der Waals surface area contributed by atoms with Crippen molar-refractivity contribution in [2.24, 2.45) is 0 Å². The fourth-order valence-electron chi connectivity index (χ4n) is 1.84. The maximum absolute atomic E-state index is 10.2. The predicted octanol–water partition coefficient (Wildman–Crippen LogP) is -2.24. The van der Waals surface area contributed by atoms with Gasteiger partial charge in [-0.3, -0.25) is 0 Å². The summed E-state index contributed by atoms with van der Waals surface area (Å²) < 4.78 is 15.4. The molecule has 0 saturated carbocycles. The highest BCUT2D eigenvalue weighted by atomic mass is 16.7. The Kier molecular flexibility index (Phi) is 3.53. The minimum atomic E-state index is -1.42. The first-order valence-corrected chi connectivity index (χ1v) is 5.04. The van der Waals surface area contributed by atoms with Crippen LogP contribution in [0.2, 0.25) is 0 Å². The second-order valence-electron chi connectivity index (χ2n) is 3.81. The van der Waals surface area contributed by atoms with Crippen molar-refractivity contribution in [2.75, 3.05) is 6.61 Å². The Morgan fingerprint density at radius 3 is 2.50 bits per heavy atom. The Hall–Kier alpha value is -0.570. The van der Waals surface area contributed by atoms with Crippen LogP contribution in [0.15, 0.2) is 0 Å². The molecule has 7 nitrogen and oxygen atoms in total. The van der Waals surface area contributed by atoms with E-state index < -0.39 is 37.0 Å². The lowest BCUT2D eigenvalue weighted by Gasteiger charge is -2.19. The van der Waals surface area contributed by atoms with Gasteiger partial charge in [-0.2, -0.15) is 0 Å². The normalized spacial score (nSPS) is 48.4. The van der Waals surface area contributed by atoms with Gasteiger partial charge in [0.2, 0.25) is 0 Å². The van der Waals surface area contributed by atoms with Crippen LogP contribution in [0.25, 0.3) is 0 Å². The van der Waals surface area contributed by atoms with Crippen molar-refractivity contribution in [3.63, 3.8) is 0 Å². The van der Waals surface area contributed by atoms with E-state index in [1.807, 2.05) is 0 Å². The van der Waals surface area contributed by atoms with Gasteiger partial charge in [0.1, 0.15) is 30.7 Å². The highest BCUT2D eigenvalue weighted by Gasteiger charge is 2.48. The molecule has 0 aromatic heterocycles. The quantitative estimate of drug-likeness (QED) is 0.474. The Morgan fingerprint density at radius 1 is 1.19 bits per heavy atom. The van der Waals surface area contributed by atoms with E-state index in [1.165, 1.54) is 0 Å². The molecule has 0 aromatic carbocycles. The molecular formula is C9H14O7. The number of carbonyl (C=O) groups is 1. The van der Waals surface area contributed by atoms with E-state index in [9.17, 15) is 20.1 Å². The molecule has 2 aliphatic rings. The van der Waals surface area contributed by atoms with Gasteiger partial charge in [-0.25, -0.2) is 0 Å². The average Bonchev–Trinajstić information content (AvgIpc) is 2.80. The van der Waals surface area contributed by atoms with Crippen molar-refractivity contribution in [1.82, 2.24) is 0 Å². The number of aldehydes is 1. The smallest absolute Gasteiger partial charge is 0.184 e. The molecule has 2 rings (SSSR count). The van der Waals surface area contributed by atoms with Crippen molar-refractivity contribution in [1.29, 1.82) is 0 Å². The summed E-state index contributed by atoms with van der Waals surface area (Å²) in [7, 11) is 0. The van der Waals surface area contributed by atoms with E-state index in [-0.39, 0.29) is 13.0 Å². The molecule has 0 aromatic rings. The van der Waals surface area contributed by atoms with E-state index in [1.54, 1.807) is 0 Å². The van der Waals surface area contributed by atoms with Crippen LogP contribution in [0.5, 0.6) is 0 Å². The Bertz CT molecular complexity index is 258. The van der Waals surface area contributed by atoms with Crippen LogP contribution in [0, 0.1) is 0 Å². The third-order valence-electron chi connectivity index (χ3n) is 2.70. The van der Waals surface area contributed by atoms with Crippen molar-refractivity contribution >= 4 is 6.29 Å². The Balaban J connectivity index is 1.92. The molecule has 0 radical (unpaired) electrons. The number of carbonyl (C=O) groups excluding carboxylic acids is 1. The molecule has 6 unspecified atom stereocenters. The van der Waals surface area contributed by atoms with Crippen LogP contribution < -0.4 is 0 Å². The predicted molar refractivity (Wildman–Crippen MR) is 48.2 cm³/mol. The first kappa shape index (κ1) is 11.9. The number of hydrogen-bond donors (Lipinski definition) is 3. The van der Waals surface area contributed by atoms with Crippen molar-refractivity contribution < 1.29 is 34.3 Å². The van der Waals surface area contributed by atoms with E-state index >= 15 is 0 Å². The average molecular weight is 234 g/mol. The third-order valence-corrected chi connectivity index (χ3v) is 2.70. The summed E-state index contributed by atoms with van der Waals surface area (Å²) in [5.41, 5.74) is 0. The first-order valence-electron chi connectivity index (χ1n) is 5.04. The lowest BCUT2D eigenvalue weighted by Crippen LogP contribution is -2.40. The largest absolute Gasteiger partial charge is 0.387 e. The molecule has 0 spiro atoms. The second-order valence-corrected chi connectivity index (χ2v) is 3.81. The summed E-state index contributed by atoms with van der Waals surface area (Å²) in [6.07, 6.45) is -5.31. The lowest BCUT2D eigenvalue weighted by atomic mass is 10.1. The highest BCUT2D eigenvalue weighted by molar-refractivity contribution is 5.49. The van der Waals surface area contributed by atoms with Crippen LogP contribution in [0.3, 0.4) is 0 Å². The SMILES string of the molecule is O=CCC1OCC(C2OC(O)C(O)C2O)O1. The fourth-order valence-corrected chi connectivity index (χ4v) is 1.84. The number of rotatable bonds is 3. The molecule has 2 fully saturated rings. The van der Waals surface area contributed by atoms with Gasteiger partial charge in [0.05, 0.1) is 13.0 Å². The summed E-state index contributed by atoms with van der Waals surface area (Å²) in [4.78, 5) is 10.2. The number of aliphatic hydroxyl groups is 3. The minimum absolute atomic E-state index is 0.102. The molecular weight excluding hydrogens is 220 g/mol. The molecule has 6 atom stereocenters. The molecule has 2 aliphatic heterocycles. The lowest BCUT2D eigenvalue weighted by molar-refractivity contribution is -0.155. The van der Waals surface area contributed by atoms with Crippen LogP contribution in [0.4, 0.5) is 0 Å². The van der Waals surface area contributed by atoms with Crippen molar-refractivity contribution in [3.05, 3.63) is 0 Å². The maximum atomic E-state index is 10.2. The van der Waals surface area contributed by atoms with Gasteiger partial charge in [0, 0.05) is 0 Å². The second kappa shape index (κ2) is 4.74. The summed E-state index contributed by atoms with van der Waals surface area (Å²) in [6, 6.07) is 0. The third kappa shape index (κ3) is 2.10.